The van der Waals surface area contributed by atoms with Gasteiger partial charge in [-0.05, 0) is 83.6 Å². The number of aliphatic imine (C=N–C) groups is 1. The second kappa shape index (κ2) is 11.7. The molecule has 0 bridgehead atoms. The molecule has 0 aromatic heterocycles. The van der Waals surface area contributed by atoms with Gasteiger partial charge in [-0.3, -0.25) is 4.99 Å². The van der Waals surface area contributed by atoms with Crippen molar-refractivity contribution in [1.82, 2.24) is 20.4 Å². The molecule has 0 radical (unpaired) electrons. The van der Waals surface area contributed by atoms with Crippen LogP contribution in [0, 0.1) is 11.8 Å². The lowest BCUT2D eigenvalue weighted by molar-refractivity contribution is 0.191. The zero-order valence-electron chi connectivity index (χ0n) is 16.9. The number of piperidine rings is 1. The minimum atomic E-state index is 0.734. The summed E-state index contributed by atoms with van der Waals surface area (Å²) in [5.74, 6) is 2.66. The molecular weight excluding hydrogens is 310 g/mol. The van der Waals surface area contributed by atoms with E-state index in [1.54, 1.807) is 0 Å². The van der Waals surface area contributed by atoms with Crippen molar-refractivity contribution in [2.75, 3.05) is 58.9 Å². The van der Waals surface area contributed by atoms with Crippen LogP contribution in [0.15, 0.2) is 4.99 Å². The second-order valence-electron chi connectivity index (χ2n) is 7.98. The van der Waals surface area contributed by atoms with Gasteiger partial charge in [0.2, 0.25) is 0 Å². The predicted octanol–water partition coefficient (Wildman–Crippen LogP) is 2.40. The Morgan fingerprint density at radius 3 is 2.48 bits per heavy atom. The van der Waals surface area contributed by atoms with Gasteiger partial charge in [0.25, 0.3) is 0 Å². The van der Waals surface area contributed by atoms with Crippen LogP contribution in [0.3, 0.4) is 0 Å². The van der Waals surface area contributed by atoms with Gasteiger partial charge in [0.1, 0.15) is 0 Å². The molecule has 2 aliphatic rings. The van der Waals surface area contributed by atoms with Gasteiger partial charge in [-0.25, -0.2) is 0 Å². The van der Waals surface area contributed by atoms with Crippen molar-refractivity contribution >= 4 is 5.96 Å². The van der Waals surface area contributed by atoms with Gasteiger partial charge in [-0.2, -0.15) is 0 Å². The molecule has 2 fully saturated rings. The highest BCUT2D eigenvalue weighted by atomic mass is 15.2. The maximum absolute atomic E-state index is 4.84. The largest absolute Gasteiger partial charge is 0.357 e. The fraction of sp³-hybridized carbons (Fsp3) is 0.950. The highest BCUT2D eigenvalue weighted by molar-refractivity contribution is 5.79. The molecule has 5 nitrogen and oxygen atoms in total. The molecule has 0 aromatic carbocycles. The lowest BCUT2D eigenvalue weighted by atomic mass is 9.99. The van der Waals surface area contributed by atoms with Crippen LogP contribution in [0.25, 0.3) is 0 Å². The number of likely N-dealkylation sites (tertiary alicyclic amines) is 2. The summed E-state index contributed by atoms with van der Waals surface area (Å²) >= 11 is 0. The summed E-state index contributed by atoms with van der Waals surface area (Å²) in [6.45, 7) is 17.2. The number of nitrogens with zero attached hydrogens (tertiary/aromatic N) is 3. The highest BCUT2D eigenvalue weighted by Gasteiger charge is 2.21. The molecule has 0 aromatic rings. The van der Waals surface area contributed by atoms with Gasteiger partial charge >= 0.3 is 0 Å². The average molecular weight is 352 g/mol. The summed E-state index contributed by atoms with van der Waals surface area (Å²) < 4.78 is 0. The maximum atomic E-state index is 4.84. The van der Waals surface area contributed by atoms with Gasteiger partial charge in [0.05, 0.1) is 0 Å². The van der Waals surface area contributed by atoms with E-state index in [9.17, 15) is 0 Å². The topological polar surface area (TPSA) is 42.9 Å². The molecule has 0 saturated carbocycles. The Balaban J connectivity index is 1.62. The molecule has 0 amide bonds. The van der Waals surface area contributed by atoms with E-state index in [4.69, 9.17) is 4.99 Å². The van der Waals surface area contributed by atoms with E-state index in [2.05, 4.69) is 41.2 Å². The molecule has 5 heteroatoms. The average Bonchev–Trinajstić information content (AvgIpc) is 3.06. The van der Waals surface area contributed by atoms with E-state index in [-0.39, 0.29) is 0 Å². The van der Waals surface area contributed by atoms with Crippen molar-refractivity contribution in [3.8, 4) is 0 Å². The van der Waals surface area contributed by atoms with E-state index in [1.807, 2.05) is 0 Å². The van der Waals surface area contributed by atoms with Gasteiger partial charge in [-0.15, -0.1) is 0 Å². The van der Waals surface area contributed by atoms with Crippen molar-refractivity contribution in [3.05, 3.63) is 0 Å². The number of hydrogen-bond acceptors (Lipinski definition) is 3. The molecule has 146 valence electrons. The van der Waals surface area contributed by atoms with Crippen LogP contribution in [-0.2, 0) is 0 Å². The zero-order valence-corrected chi connectivity index (χ0v) is 16.9. The zero-order chi connectivity index (χ0) is 17.9. The number of hydrogen-bond donors (Lipinski definition) is 2. The van der Waals surface area contributed by atoms with Crippen molar-refractivity contribution in [2.45, 2.75) is 52.9 Å². The van der Waals surface area contributed by atoms with E-state index in [0.717, 1.165) is 37.4 Å². The Kier molecular flexibility index (Phi) is 9.63. The Hall–Kier alpha value is -0.810. The van der Waals surface area contributed by atoms with Crippen LogP contribution in [-0.4, -0.2) is 74.7 Å². The quantitative estimate of drug-likeness (QED) is 0.380. The van der Waals surface area contributed by atoms with Gasteiger partial charge in [0, 0.05) is 26.2 Å². The molecule has 2 rings (SSSR count). The van der Waals surface area contributed by atoms with Gasteiger partial charge in [0.15, 0.2) is 5.96 Å². The summed E-state index contributed by atoms with van der Waals surface area (Å²) in [5.41, 5.74) is 0. The Labute approximate surface area is 155 Å². The molecule has 2 N–H and O–H groups in total. The Bertz CT molecular complexity index is 376. The lowest BCUT2D eigenvalue weighted by Crippen LogP contribution is -2.40. The number of rotatable bonds is 9. The monoisotopic (exact) mass is 351 g/mol. The molecule has 2 heterocycles. The van der Waals surface area contributed by atoms with Crippen LogP contribution in [0.4, 0.5) is 0 Å². The van der Waals surface area contributed by atoms with Crippen LogP contribution >= 0.6 is 0 Å². The maximum Gasteiger partial charge on any atom is 0.191 e. The number of guanidine groups is 1. The smallest absolute Gasteiger partial charge is 0.191 e. The van der Waals surface area contributed by atoms with E-state index >= 15 is 0 Å². The molecule has 1 atom stereocenters. The molecular formula is C20H41N5. The fourth-order valence-electron chi connectivity index (χ4n) is 3.94. The number of nitrogens with one attached hydrogen (secondary N) is 2. The SMILES string of the molecule is CCCN1CCC(CN=C(NCC)NCCCN2CCC(C)CC2)C1. The first-order chi connectivity index (χ1) is 12.2. The minimum absolute atomic E-state index is 0.734. The standard InChI is InChI=1S/C20H41N5/c1-4-11-25-15-9-19(17-25)16-23-20(21-5-2)22-10-6-12-24-13-7-18(3)8-14-24/h18-19H,4-17H2,1-3H3,(H2,21,22,23). The van der Waals surface area contributed by atoms with Crippen molar-refractivity contribution < 1.29 is 0 Å². The Morgan fingerprint density at radius 1 is 1.00 bits per heavy atom. The summed E-state index contributed by atoms with van der Waals surface area (Å²) in [6.07, 6.45) is 6.50. The predicted molar refractivity (Wildman–Crippen MR) is 108 cm³/mol. The van der Waals surface area contributed by atoms with Crippen LogP contribution in [0.5, 0.6) is 0 Å². The molecule has 2 aliphatic heterocycles. The van der Waals surface area contributed by atoms with Crippen molar-refractivity contribution in [3.63, 3.8) is 0 Å². The van der Waals surface area contributed by atoms with E-state index in [0.29, 0.717) is 0 Å². The molecule has 25 heavy (non-hydrogen) atoms. The molecule has 2 saturated heterocycles. The minimum Gasteiger partial charge on any atom is -0.357 e. The van der Waals surface area contributed by atoms with Crippen LogP contribution in [0.2, 0.25) is 0 Å². The summed E-state index contributed by atoms with van der Waals surface area (Å²) in [6, 6.07) is 0. The van der Waals surface area contributed by atoms with Crippen LogP contribution in [0.1, 0.15) is 52.9 Å². The lowest BCUT2D eigenvalue weighted by Gasteiger charge is -2.30. The fourth-order valence-corrected chi connectivity index (χ4v) is 3.94. The summed E-state index contributed by atoms with van der Waals surface area (Å²) in [5, 5.41) is 6.93. The Morgan fingerprint density at radius 2 is 1.76 bits per heavy atom. The van der Waals surface area contributed by atoms with Crippen LogP contribution < -0.4 is 10.6 Å². The van der Waals surface area contributed by atoms with Gasteiger partial charge in [-0.1, -0.05) is 13.8 Å². The molecule has 0 spiro atoms. The first-order valence-electron chi connectivity index (χ1n) is 10.7. The first-order valence-corrected chi connectivity index (χ1v) is 10.7. The first kappa shape index (κ1) is 20.5. The van der Waals surface area contributed by atoms with E-state index < -0.39 is 0 Å². The summed E-state index contributed by atoms with van der Waals surface area (Å²) in [7, 11) is 0. The second-order valence-corrected chi connectivity index (χ2v) is 7.98. The van der Waals surface area contributed by atoms with Crippen molar-refractivity contribution in [1.29, 1.82) is 0 Å². The normalized spacial score (nSPS) is 24.0. The highest BCUT2D eigenvalue weighted by Crippen LogP contribution is 2.17. The van der Waals surface area contributed by atoms with Gasteiger partial charge < -0.3 is 20.4 Å². The third-order valence-corrected chi connectivity index (χ3v) is 5.58. The third kappa shape index (κ3) is 7.95. The molecule has 1 unspecified atom stereocenters. The van der Waals surface area contributed by atoms with E-state index in [1.165, 1.54) is 71.4 Å². The van der Waals surface area contributed by atoms with Crippen molar-refractivity contribution in [2.24, 2.45) is 16.8 Å². The molecule has 0 aliphatic carbocycles. The third-order valence-electron chi connectivity index (χ3n) is 5.58. The summed E-state index contributed by atoms with van der Waals surface area (Å²) in [4.78, 5) is 10.0.